The van der Waals surface area contributed by atoms with Gasteiger partial charge < -0.3 is 5.11 Å². The van der Waals surface area contributed by atoms with Crippen molar-refractivity contribution in [3.63, 3.8) is 0 Å². The highest BCUT2D eigenvalue weighted by atomic mass is 35.5. The third-order valence-corrected chi connectivity index (χ3v) is 4.29. The Bertz CT molecular complexity index is 401. The Balaban J connectivity index is 2.76. The molecule has 1 unspecified atom stereocenters. The van der Waals surface area contributed by atoms with Crippen molar-refractivity contribution in [3.8, 4) is 0 Å². The predicted octanol–water partition coefficient (Wildman–Crippen LogP) is 0.456. The van der Waals surface area contributed by atoms with E-state index in [0.29, 0.717) is 0 Å². The number of thiazole rings is 1. The second-order valence-corrected chi connectivity index (χ2v) is 6.24. The molecule has 0 aromatic carbocycles. The van der Waals surface area contributed by atoms with Crippen LogP contribution < -0.4 is 4.72 Å². The van der Waals surface area contributed by atoms with Crippen molar-refractivity contribution in [1.29, 1.82) is 0 Å². The summed E-state index contributed by atoms with van der Waals surface area (Å²) in [6.07, 6.45) is 0.449. The van der Waals surface area contributed by atoms with Gasteiger partial charge in [0.2, 0.25) is 0 Å². The fourth-order valence-corrected chi connectivity index (χ4v) is 3.12. The van der Waals surface area contributed by atoms with Crippen molar-refractivity contribution in [1.82, 2.24) is 9.71 Å². The van der Waals surface area contributed by atoms with Crippen LogP contribution in [0.2, 0.25) is 4.47 Å². The summed E-state index contributed by atoms with van der Waals surface area (Å²) in [5.74, 6) is 0. The summed E-state index contributed by atoms with van der Waals surface area (Å²) in [6, 6.07) is 0. The first-order chi connectivity index (χ1) is 6.42. The molecule has 0 aliphatic heterocycles. The molecule has 0 aliphatic rings. The van der Waals surface area contributed by atoms with Gasteiger partial charge in [0, 0.05) is 6.54 Å². The summed E-state index contributed by atoms with van der Waals surface area (Å²) in [4.78, 5) is 3.61. The van der Waals surface area contributed by atoms with Crippen LogP contribution in [-0.2, 0) is 10.0 Å². The Labute approximate surface area is 90.8 Å². The van der Waals surface area contributed by atoms with E-state index in [9.17, 15) is 8.42 Å². The molecule has 2 N–H and O–H groups in total. The summed E-state index contributed by atoms with van der Waals surface area (Å²) in [7, 11) is -3.57. The van der Waals surface area contributed by atoms with Crippen molar-refractivity contribution in [2.45, 2.75) is 17.2 Å². The van der Waals surface area contributed by atoms with E-state index >= 15 is 0 Å². The maximum Gasteiger partial charge on any atom is 0.251 e. The third-order valence-electron chi connectivity index (χ3n) is 1.29. The molecule has 1 aromatic rings. The number of nitrogens with one attached hydrogen (secondary N) is 1. The van der Waals surface area contributed by atoms with Crippen LogP contribution in [0.5, 0.6) is 0 Å². The maximum absolute atomic E-state index is 11.4. The van der Waals surface area contributed by atoms with Crippen molar-refractivity contribution in [3.05, 3.63) is 10.7 Å². The minimum Gasteiger partial charge on any atom is -0.392 e. The minimum atomic E-state index is -3.57. The third kappa shape index (κ3) is 3.18. The normalized spacial score (nSPS) is 14.2. The van der Waals surface area contributed by atoms with E-state index in [4.69, 9.17) is 16.7 Å². The van der Waals surface area contributed by atoms with Crippen LogP contribution in [0.3, 0.4) is 0 Å². The van der Waals surface area contributed by atoms with Gasteiger partial charge in [0.15, 0.2) is 8.68 Å². The molecule has 0 amide bonds. The molecule has 8 heteroatoms. The first-order valence-corrected chi connectivity index (χ1v) is 6.38. The molecule has 0 radical (unpaired) electrons. The first kappa shape index (κ1) is 11.9. The zero-order valence-corrected chi connectivity index (χ0v) is 9.66. The Morgan fingerprint density at radius 2 is 2.43 bits per heavy atom. The molecule has 1 atom stereocenters. The lowest BCUT2D eigenvalue weighted by molar-refractivity contribution is 0.198. The van der Waals surface area contributed by atoms with E-state index in [1.165, 1.54) is 13.1 Å². The molecule has 80 valence electrons. The van der Waals surface area contributed by atoms with E-state index in [1.807, 2.05) is 0 Å². The van der Waals surface area contributed by atoms with Gasteiger partial charge in [-0.15, -0.1) is 0 Å². The second kappa shape index (κ2) is 4.54. The van der Waals surface area contributed by atoms with E-state index in [1.54, 1.807) is 0 Å². The van der Waals surface area contributed by atoms with Crippen LogP contribution in [0.1, 0.15) is 6.92 Å². The SMILES string of the molecule is CC(O)CNS(=O)(=O)c1cnc(Cl)s1. The molecule has 0 fully saturated rings. The van der Waals surface area contributed by atoms with Crippen LogP contribution in [-0.4, -0.2) is 31.2 Å². The van der Waals surface area contributed by atoms with Gasteiger partial charge in [-0.25, -0.2) is 18.1 Å². The van der Waals surface area contributed by atoms with Gasteiger partial charge >= 0.3 is 0 Å². The standard InChI is InChI=1S/C6H9ClN2O3S2/c1-4(10)2-9-14(11,12)5-3-8-6(7)13-5/h3-4,9-10H,2H2,1H3. The quantitative estimate of drug-likeness (QED) is 0.820. The minimum absolute atomic E-state index is 0.0299. The highest BCUT2D eigenvalue weighted by Gasteiger charge is 2.17. The van der Waals surface area contributed by atoms with Gasteiger partial charge in [-0.2, -0.15) is 0 Å². The van der Waals surface area contributed by atoms with Crippen molar-refractivity contribution < 1.29 is 13.5 Å². The molecule has 0 saturated carbocycles. The summed E-state index contributed by atoms with van der Waals surface area (Å²) in [5.41, 5.74) is 0. The van der Waals surface area contributed by atoms with Crippen LogP contribution in [0.25, 0.3) is 0 Å². The van der Waals surface area contributed by atoms with E-state index in [2.05, 4.69) is 9.71 Å². The molecule has 0 saturated heterocycles. The van der Waals surface area contributed by atoms with Gasteiger partial charge in [0.1, 0.15) is 0 Å². The fourth-order valence-electron chi connectivity index (χ4n) is 0.665. The Morgan fingerprint density at radius 1 is 1.79 bits per heavy atom. The van der Waals surface area contributed by atoms with Crippen LogP contribution in [0.15, 0.2) is 10.4 Å². The average Bonchev–Trinajstić information content (AvgIpc) is 2.49. The number of rotatable bonds is 4. The molecule has 1 rings (SSSR count). The second-order valence-electron chi connectivity index (χ2n) is 2.63. The van der Waals surface area contributed by atoms with E-state index in [-0.39, 0.29) is 15.2 Å². The van der Waals surface area contributed by atoms with E-state index < -0.39 is 16.1 Å². The first-order valence-electron chi connectivity index (χ1n) is 3.71. The van der Waals surface area contributed by atoms with Gasteiger partial charge in [-0.1, -0.05) is 22.9 Å². The zero-order valence-electron chi connectivity index (χ0n) is 7.27. The van der Waals surface area contributed by atoms with Crippen LogP contribution in [0.4, 0.5) is 0 Å². The lowest BCUT2D eigenvalue weighted by atomic mass is 10.4. The number of nitrogens with zero attached hydrogens (tertiary/aromatic N) is 1. The smallest absolute Gasteiger partial charge is 0.251 e. The van der Waals surface area contributed by atoms with Gasteiger partial charge in [0.05, 0.1) is 12.3 Å². The predicted molar refractivity (Wildman–Crippen MR) is 54.0 cm³/mol. The topological polar surface area (TPSA) is 79.3 Å². The van der Waals surface area contributed by atoms with Gasteiger partial charge in [0.25, 0.3) is 10.0 Å². The Morgan fingerprint density at radius 3 is 2.86 bits per heavy atom. The van der Waals surface area contributed by atoms with Gasteiger partial charge in [-0.3, -0.25) is 0 Å². The highest BCUT2D eigenvalue weighted by molar-refractivity contribution is 7.91. The lowest BCUT2D eigenvalue weighted by Gasteiger charge is -2.05. The molecule has 5 nitrogen and oxygen atoms in total. The Hall–Kier alpha value is -0.210. The molecule has 0 spiro atoms. The maximum atomic E-state index is 11.4. The van der Waals surface area contributed by atoms with Crippen LogP contribution in [0, 0.1) is 0 Å². The van der Waals surface area contributed by atoms with Crippen LogP contribution >= 0.6 is 22.9 Å². The number of hydrogen-bond donors (Lipinski definition) is 2. The summed E-state index contributed by atoms with van der Waals surface area (Å²) >= 11 is 6.36. The largest absolute Gasteiger partial charge is 0.392 e. The van der Waals surface area contributed by atoms with Crippen molar-refractivity contribution >= 4 is 33.0 Å². The molecule has 14 heavy (non-hydrogen) atoms. The molecular formula is C6H9ClN2O3S2. The highest BCUT2D eigenvalue weighted by Crippen LogP contribution is 2.21. The molecule has 1 heterocycles. The number of aromatic nitrogens is 1. The monoisotopic (exact) mass is 256 g/mol. The molecule has 1 aromatic heterocycles. The number of hydrogen-bond acceptors (Lipinski definition) is 5. The van der Waals surface area contributed by atoms with E-state index in [0.717, 1.165) is 11.3 Å². The number of aliphatic hydroxyl groups is 1. The van der Waals surface area contributed by atoms with Crippen molar-refractivity contribution in [2.75, 3.05) is 6.54 Å². The average molecular weight is 257 g/mol. The number of halogens is 1. The Kier molecular flexibility index (Phi) is 3.85. The lowest BCUT2D eigenvalue weighted by Crippen LogP contribution is -2.30. The zero-order chi connectivity index (χ0) is 10.8. The molecule has 0 aliphatic carbocycles. The van der Waals surface area contributed by atoms with Gasteiger partial charge in [-0.05, 0) is 6.92 Å². The summed E-state index contributed by atoms with van der Waals surface area (Å²) in [5, 5.41) is 8.90. The molecule has 0 bridgehead atoms. The number of sulfonamides is 1. The summed E-state index contributed by atoms with van der Waals surface area (Å²) < 4.78 is 25.3. The number of aliphatic hydroxyl groups excluding tert-OH is 1. The fraction of sp³-hybridized carbons (Fsp3) is 0.500. The summed E-state index contributed by atoms with van der Waals surface area (Å²) in [6.45, 7) is 1.46. The van der Waals surface area contributed by atoms with Crippen molar-refractivity contribution in [2.24, 2.45) is 0 Å². The molecular weight excluding hydrogens is 248 g/mol.